The van der Waals surface area contributed by atoms with Gasteiger partial charge in [0.25, 0.3) is 5.91 Å². The number of carbonyl (C=O) groups is 1. The summed E-state index contributed by atoms with van der Waals surface area (Å²) in [5, 5.41) is 10.2. The van der Waals surface area contributed by atoms with Crippen LogP contribution in [0, 0.1) is 5.92 Å². The molecule has 1 amide bonds. The zero-order valence-corrected chi connectivity index (χ0v) is 11.5. The van der Waals surface area contributed by atoms with Crippen molar-refractivity contribution in [2.75, 3.05) is 25.9 Å². The van der Waals surface area contributed by atoms with E-state index in [4.69, 9.17) is 10.5 Å². The van der Waals surface area contributed by atoms with Gasteiger partial charge in [0, 0.05) is 5.69 Å². The van der Waals surface area contributed by atoms with Crippen molar-refractivity contribution < 1.29 is 14.6 Å². The van der Waals surface area contributed by atoms with Crippen LogP contribution in [0.15, 0.2) is 18.2 Å². The molecule has 1 aliphatic heterocycles. The van der Waals surface area contributed by atoms with E-state index < -0.39 is 5.60 Å². The van der Waals surface area contributed by atoms with E-state index in [1.165, 1.54) is 7.11 Å². The molecule has 19 heavy (non-hydrogen) atoms. The van der Waals surface area contributed by atoms with Crippen molar-refractivity contribution in [2.24, 2.45) is 5.92 Å². The highest BCUT2D eigenvalue weighted by molar-refractivity contribution is 6.02. The minimum Gasteiger partial charge on any atom is -0.496 e. The number of carbonyl (C=O) groups excluding carboxylic acids is 1. The van der Waals surface area contributed by atoms with E-state index in [9.17, 15) is 9.90 Å². The summed E-state index contributed by atoms with van der Waals surface area (Å²) >= 11 is 0. The van der Waals surface area contributed by atoms with E-state index in [2.05, 4.69) is 0 Å². The number of anilines is 1. The van der Waals surface area contributed by atoms with Crippen molar-refractivity contribution in [1.82, 2.24) is 4.90 Å². The number of rotatable bonds is 3. The first-order valence-corrected chi connectivity index (χ1v) is 6.33. The summed E-state index contributed by atoms with van der Waals surface area (Å²) in [7, 11) is 1.51. The van der Waals surface area contributed by atoms with Crippen molar-refractivity contribution in [3.05, 3.63) is 23.8 Å². The smallest absolute Gasteiger partial charge is 0.259 e. The highest BCUT2D eigenvalue weighted by Gasteiger charge is 2.46. The first-order chi connectivity index (χ1) is 8.89. The Labute approximate surface area is 113 Å². The van der Waals surface area contributed by atoms with Crippen LogP contribution in [0.25, 0.3) is 0 Å². The molecule has 0 bridgehead atoms. The maximum absolute atomic E-state index is 12.4. The normalized spacial score (nSPS) is 17.2. The van der Waals surface area contributed by atoms with Gasteiger partial charge in [-0.3, -0.25) is 4.79 Å². The predicted molar refractivity (Wildman–Crippen MR) is 73.1 cm³/mol. The SMILES string of the molecule is COc1cccc(N)c1C(=O)N1CC(O)(C(C)C)C1. The summed E-state index contributed by atoms with van der Waals surface area (Å²) < 4.78 is 5.18. The number of likely N-dealkylation sites (tertiary alicyclic amines) is 1. The Kier molecular flexibility index (Phi) is 3.41. The fourth-order valence-electron chi connectivity index (χ4n) is 2.23. The number of amides is 1. The van der Waals surface area contributed by atoms with E-state index >= 15 is 0 Å². The van der Waals surface area contributed by atoms with Crippen LogP contribution in [-0.4, -0.2) is 41.7 Å². The maximum atomic E-state index is 12.4. The Morgan fingerprint density at radius 1 is 1.47 bits per heavy atom. The molecule has 1 aromatic carbocycles. The summed E-state index contributed by atoms with van der Waals surface area (Å²) in [6, 6.07) is 5.12. The molecule has 0 unspecified atom stereocenters. The van der Waals surface area contributed by atoms with E-state index in [1.54, 1.807) is 23.1 Å². The highest BCUT2D eigenvalue weighted by atomic mass is 16.5. The zero-order chi connectivity index (χ0) is 14.2. The average Bonchev–Trinajstić information content (AvgIpc) is 2.33. The quantitative estimate of drug-likeness (QED) is 0.802. The van der Waals surface area contributed by atoms with Gasteiger partial charge in [-0.25, -0.2) is 0 Å². The van der Waals surface area contributed by atoms with Gasteiger partial charge in [0.2, 0.25) is 0 Å². The first-order valence-electron chi connectivity index (χ1n) is 6.33. The number of β-amino-alcohol motifs (C(OH)–C–C–N with tert-alkyl or cyclic N) is 1. The molecule has 0 atom stereocenters. The molecule has 1 aromatic rings. The summed E-state index contributed by atoms with van der Waals surface area (Å²) in [5.41, 5.74) is 5.83. The number of ether oxygens (including phenoxy) is 1. The van der Waals surface area contributed by atoms with Gasteiger partial charge in [0.05, 0.1) is 20.2 Å². The van der Waals surface area contributed by atoms with Crippen LogP contribution >= 0.6 is 0 Å². The average molecular weight is 264 g/mol. The number of nitrogens with two attached hydrogens (primary N) is 1. The van der Waals surface area contributed by atoms with Gasteiger partial charge < -0.3 is 20.5 Å². The summed E-state index contributed by atoms with van der Waals surface area (Å²) in [6.07, 6.45) is 0. The molecule has 1 fully saturated rings. The standard InChI is InChI=1S/C14H20N2O3/c1-9(2)14(18)7-16(8-14)13(17)12-10(15)5-4-6-11(12)19-3/h4-6,9,18H,7-8,15H2,1-3H3. The van der Waals surface area contributed by atoms with E-state index in [0.29, 0.717) is 30.1 Å². The monoisotopic (exact) mass is 264 g/mol. The molecule has 104 valence electrons. The molecule has 0 radical (unpaired) electrons. The maximum Gasteiger partial charge on any atom is 0.259 e. The number of hydrogen-bond acceptors (Lipinski definition) is 4. The number of hydrogen-bond donors (Lipinski definition) is 2. The third kappa shape index (κ3) is 2.26. The van der Waals surface area contributed by atoms with Crippen LogP contribution in [-0.2, 0) is 0 Å². The molecule has 1 aliphatic rings. The second-order valence-corrected chi connectivity index (χ2v) is 5.34. The summed E-state index contributed by atoms with van der Waals surface area (Å²) in [4.78, 5) is 14.0. The number of aliphatic hydroxyl groups is 1. The van der Waals surface area contributed by atoms with Gasteiger partial charge in [0.1, 0.15) is 16.9 Å². The summed E-state index contributed by atoms with van der Waals surface area (Å²) in [5.74, 6) is 0.386. The molecule has 0 saturated carbocycles. The van der Waals surface area contributed by atoms with E-state index in [1.807, 2.05) is 13.8 Å². The Morgan fingerprint density at radius 2 is 2.11 bits per heavy atom. The van der Waals surface area contributed by atoms with Crippen molar-refractivity contribution in [3.63, 3.8) is 0 Å². The van der Waals surface area contributed by atoms with Gasteiger partial charge in [-0.15, -0.1) is 0 Å². The Bertz CT molecular complexity index is 493. The third-order valence-electron chi connectivity index (χ3n) is 3.78. The lowest BCUT2D eigenvalue weighted by Gasteiger charge is -2.49. The summed E-state index contributed by atoms with van der Waals surface area (Å²) in [6.45, 7) is 4.56. The second-order valence-electron chi connectivity index (χ2n) is 5.34. The molecular weight excluding hydrogens is 244 g/mol. The highest BCUT2D eigenvalue weighted by Crippen LogP contribution is 2.33. The molecule has 3 N–H and O–H groups in total. The van der Waals surface area contributed by atoms with Gasteiger partial charge in [-0.05, 0) is 18.1 Å². The predicted octanol–water partition coefficient (Wildman–Crippen LogP) is 1.12. The molecule has 2 rings (SSSR count). The van der Waals surface area contributed by atoms with Crippen LogP contribution in [0.1, 0.15) is 24.2 Å². The van der Waals surface area contributed by atoms with Crippen LogP contribution in [0.3, 0.4) is 0 Å². The van der Waals surface area contributed by atoms with Crippen molar-refractivity contribution in [1.29, 1.82) is 0 Å². The molecule has 1 heterocycles. The minimum atomic E-state index is -0.785. The van der Waals surface area contributed by atoms with Gasteiger partial charge in [-0.2, -0.15) is 0 Å². The number of nitrogens with zero attached hydrogens (tertiary/aromatic N) is 1. The largest absolute Gasteiger partial charge is 0.496 e. The topological polar surface area (TPSA) is 75.8 Å². The van der Waals surface area contributed by atoms with Crippen molar-refractivity contribution in [3.8, 4) is 5.75 Å². The molecule has 0 spiro atoms. The van der Waals surface area contributed by atoms with E-state index in [0.717, 1.165) is 0 Å². The molecule has 0 aliphatic carbocycles. The number of methoxy groups -OCH3 is 1. The van der Waals surface area contributed by atoms with Gasteiger partial charge >= 0.3 is 0 Å². The number of nitrogen functional groups attached to an aromatic ring is 1. The van der Waals surface area contributed by atoms with Crippen LogP contribution in [0.2, 0.25) is 0 Å². The molecule has 1 saturated heterocycles. The molecular formula is C14H20N2O3. The van der Waals surface area contributed by atoms with E-state index in [-0.39, 0.29) is 11.8 Å². The van der Waals surface area contributed by atoms with Crippen LogP contribution < -0.4 is 10.5 Å². The number of benzene rings is 1. The fourth-order valence-corrected chi connectivity index (χ4v) is 2.23. The third-order valence-corrected chi connectivity index (χ3v) is 3.78. The van der Waals surface area contributed by atoms with Gasteiger partial charge in [-0.1, -0.05) is 19.9 Å². The van der Waals surface area contributed by atoms with Crippen molar-refractivity contribution >= 4 is 11.6 Å². The Hall–Kier alpha value is -1.75. The Morgan fingerprint density at radius 3 is 2.63 bits per heavy atom. The molecule has 5 nitrogen and oxygen atoms in total. The lowest BCUT2D eigenvalue weighted by Crippen LogP contribution is -2.66. The van der Waals surface area contributed by atoms with Gasteiger partial charge in [0.15, 0.2) is 0 Å². The fraction of sp³-hybridized carbons (Fsp3) is 0.500. The lowest BCUT2D eigenvalue weighted by molar-refractivity contribution is -0.110. The minimum absolute atomic E-state index is 0.117. The molecule has 0 aromatic heterocycles. The van der Waals surface area contributed by atoms with Crippen LogP contribution in [0.4, 0.5) is 5.69 Å². The zero-order valence-electron chi connectivity index (χ0n) is 11.5. The van der Waals surface area contributed by atoms with Crippen molar-refractivity contribution in [2.45, 2.75) is 19.4 Å². The molecule has 5 heteroatoms. The lowest BCUT2D eigenvalue weighted by atomic mass is 9.82. The Balaban J connectivity index is 2.19. The first kappa shape index (κ1) is 13.7. The second kappa shape index (κ2) is 4.74. The van der Waals surface area contributed by atoms with Crippen LogP contribution in [0.5, 0.6) is 5.75 Å².